The van der Waals surface area contributed by atoms with Crippen LogP contribution in [0.3, 0.4) is 0 Å². The fraction of sp³-hybridized carbons (Fsp3) is 0.250. The number of hydrogen-bond acceptors (Lipinski definition) is 3. The number of benzene rings is 1. The van der Waals surface area contributed by atoms with Crippen molar-refractivity contribution in [3.63, 3.8) is 0 Å². The second-order valence-corrected chi connectivity index (χ2v) is 8.74. The summed E-state index contributed by atoms with van der Waals surface area (Å²) < 4.78 is 4.10. The van der Waals surface area contributed by atoms with Gasteiger partial charge in [-0.05, 0) is 48.4 Å². The number of thiophene rings is 1. The molecule has 3 heterocycles. The molecule has 0 spiro atoms. The van der Waals surface area contributed by atoms with Crippen molar-refractivity contribution in [1.82, 2.24) is 19.7 Å². The zero-order valence-electron chi connectivity index (χ0n) is 16.7. The van der Waals surface area contributed by atoms with Gasteiger partial charge in [0.1, 0.15) is 5.69 Å². The number of rotatable bonds is 6. The van der Waals surface area contributed by atoms with Crippen molar-refractivity contribution in [1.29, 1.82) is 0 Å². The molecule has 0 saturated carbocycles. The van der Waals surface area contributed by atoms with Gasteiger partial charge in [0.05, 0.1) is 25.3 Å². The summed E-state index contributed by atoms with van der Waals surface area (Å²) in [6.07, 6.45) is 6.91. The Kier molecular flexibility index (Phi) is 5.24. The Morgan fingerprint density at radius 1 is 1.10 bits per heavy atom. The molecule has 1 atom stereocenters. The molecule has 1 aromatic carbocycles. The van der Waals surface area contributed by atoms with Crippen LogP contribution >= 0.6 is 11.3 Å². The van der Waals surface area contributed by atoms with Gasteiger partial charge in [-0.3, -0.25) is 9.48 Å². The number of nitrogens with zero attached hydrogens (tertiary/aromatic N) is 3. The molecule has 4 aromatic rings. The molecule has 6 heteroatoms. The number of nitrogens with one attached hydrogen (secondary N) is 1. The van der Waals surface area contributed by atoms with Crippen LogP contribution in [0.4, 0.5) is 0 Å². The first-order chi connectivity index (χ1) is 14.8. The third kappa shape index (κ3) is 3.83. The molecule has 0 radical (unpaired) electrons. The van der Waals surface area contributed by atoms with Gasteiger partial charge in [-0.1, -0.05) is 36.4 Å². The highest BCUT2D eigenvalue weighted by Crippen LogP contribution is 2.30. The number of amides is 1. The molecule has 30 heavy (non-hydrogen) atoms. The van der Waals surface area contributed by atoms with Gasteiger partial charge in [0.25, 0.3) is 5.91 Å². The van der Waals surface area contributed by atoms with Crippen molar-refractivity contribution in [3.05, 3.63) is 99.8 Å². The predicted molar refractivity (Wildman–Crippen MR) is 119 cm³/mol. The van der Waals surface area contributed by atoms with Crippen molar-refractivity contribution >= 4 is 17.2 Å². The molecule has 3 aromatic heterocycles. The van der Waals surface area contributed by atoms with E-state index in [2.05, 4.69) is 50.8 Å². The number of fused-ring (bicyclic) bond motifs is 1. The predicted octanol–water partition coefficient (Wildman–Crippen LogP) is 4.65. The molecule has 0 fully saturated rings. The highest BCUT2D eigenvalue weighted by molar-refractivity contribution is 7.09. The second kappa shape index (κ2) is 8.32. The van der Waals surface area contributed by atoms with Crippen molar-refractivity contribution in [3.8, 4) is 0 Å². The molecular formula is C24H24N4OS. The van der Waals surface area contributed by atoms with E-state index in [1.807, 2.05) is 41.2 Å². The molecule has 1 N–H and O–H groups in total. The Hall–Kier alpha value is -3.12. The summed E-state index contributed by atoms with van der Waals surface area (Å²) in [6.45, 7) is 1.48. The van der Waals surface area contributed by atoms with Crippen LogP contribution in [0.2, 0.25) is 0 Å². The van der Waals surface area contributed by atoms with Gasteiger partial charge in [0.2, 0.25) is 0 Å². The minimum absolute atomic E-state index is 0.0101. The smallest absolute Gasteiger partial charge is 0.268 e. The summed E-state index contributed by atoms with van der Waals surface area (Å²) in [6, 6.07) is 18.4. The van der Waals surface area contributed by atoms with Crippen molar-refractivity contribution < 1.29 is 4.79 Å². The maximum Gasteiger partial charge on any atom is 0.268 e. The summed E-state index contributed by atoms with van der Waals surface area (Å²) >= 11 is 1.71. The average molecular weight is 417 g/mol. The van der Waals surface area contributed by atoms with Gasteiger partial charge in [-0.2, -0.15) is 5.10 Å². The van der Waals surface area contributed by atoms with Crippen LogP contribution in [-0.4, -0.2) is 20.3 Å². The van der Waals surface area contributed by atoms with Gasteiger partial charge < -0.3 is 9.88 Å². The molecule has 152 valence electrons. The van der Waals surface area contributed by atoms with Crippen LogP contribution in [0.1, 0.15) is 51.1 Å². The minimum atomic E-state index is -0.0229. The van der Waals surface area contributed by atoms with Crippen LogP contribution < -0.4 is 5.32 Å². The van der Waals surface area contributed by atoms with Crippen LogP contribution in [0.25, 0.3) is 0 Å². The Morgan fingerprint density at radius 3 is 2.83 bits per heavy atom. The molecule has 5 rings (SSSR count). The minimum Gasteiger partial charge on any atom is -0.344 e. The Bertz CT molecular complexity index is 1130. The van der Waals surface area contributed by atoms with E-state index in [0.29, 0.717) is 5.69 Å². The van der Waals surface area contributed by atoms with E-state index in [0.717, 1.165) is 37.9 Å². The van der Waals surface area contributed by atoms with Crippen molar-refractivity contribution in [2.45, 2.75) is 38.4 Å². The largest absolute Gasteiger partial charge is 0.344 e. The molecule has 0 saturated heterocycles. The molecule has 1 unspecified atom stereocenters. The summed E-state index contributed by atoms with van der Waals surface area (Å²) in [5.74, 6) is -0.0229. The monoisotopic (exact) mass is 416 g/mol. The zero-order chi connectivity index (χ0) is 20.3. The van der Waals surface area contributed by atoms with Crippen LogP contribution in [0, 0.1) is 0 Å². The maximum atomic E-state index is 13.1. The van der Waals surface area contributed by atoms with Gasteiger partial charge >= 0.3 is 0 Å². The summed E-state index contributed by atoms with van der Waals surface area (Å²) in [5.41, 5.74) is 4.33. The van der Waals surface area contributed by atoms with E-state index in [-0.39, 0.29) is 11.9 Å². The van der Waals surface area contributed by atoms with Gasteiger partial charge in [-0.25, -0.2) is 0 Å². The fourth-order valence-electron chi connectivity index (χ4n) is 4.22. The van der Waals surface area contributed by atoms with Crippen molar-refractivity contribution in [2.24, 2.45) is 0 Å². The average Bonchev–Trinajstić information content (AvgIpc) is 3.52. The lowest BCUT2D eigenvalue weighted by Crippen LogP contribution is -2.32. The van der Waals surface area contributed by atoms with Crippen LogP contribution in [-0.2, 0) is 19.5 Å². The summed E-state index contributed by atoms with van der Waals surface area (Å²) in [5, 5.41) is 9.97. The number of aromatic nitrogens is 3. The van der Waals surface area contributed by atoms with E-state index >= 15 is 0 Å². The van der Waals surface area contributed by atoms with Crippen molar-refractivity contribution in [2.75, 3.05) is 0 Å². The SMILES string of the molecule is O=C(NC1CCCc2c1cnn2Cc1ccccc1)c1cccn1Cc1cccs1. The van der Waals surface area contributed by atoms with Crippen LogP contribution in [0.15, 0.2) is 72.4 Å². The first-order valence-corrected chi connectivity index (χ1v) is 11.2. The standard InChI is InChI=1S/C24H24N4OS/c29-24(23-12-5-13-27(23)17-19-9-6-14-30-19)26-21-10-4-11-22-20(21)15-25-28(22)16-18-7-2-1-3-8-18/h1-3,5-9,12-15,21H,4,10-11,16-17H2,(H,26,29). The molecular weight excluding hydrogens is 392 g/mol. The van der Waals surface area contributed by atoms with Gasteiger partial charge in [0.15, 0.2) is 0 Å². The quantitative estimate of drug-likeness (QED) is 0.497. The third-order valence-electron chi connectivity index (χ3n) is 5.71. The highest BCUT2D eigenvalue weighted by Gasteiger charge is 2.26. The topological polar surface area (TPSA) is 51.9 Å². The van der Waals surface area contributed by atoms with E-state index in [1.54, 1.807) is 11.3 Å². The molecule has 1 aliphatic rings. The van der Waals surface area contributed by atoms with Gasteiger partial charge in [-0.15, -0.1) is 11.3 Å². The highest BCUT2D eigenvalue weighted by atomic mass is 32.1. The van der Waals surface area contributed by atoms with Crippen LogP contribution in [0.5, 0.6) is 0 Å². The molecule has 0 bridgehead atoms. The Balaban J connectivity index is 1.33. The Morgan fingerprint density at radius 2 is 2.00 bits per heavy atom. The number of carbonyl (C=O) groups excluding carboxylic acids is 1. The first-order valence-electron chi connectivity index (χ1n) is 10.3. The zero-order valence-corrected chi connectivity index (χ0v) is 17.5. The van der Waals surface area contributed by atoms with E-state index < -0.39 is 0 Å². The first kappa shape index (κ1) is 18.9. The lowest BCUT2D eigenvalue weighted by Gasteiger charge is -2.24. The summed E-state index contributed by atoms with van der Waals surface area (Å²) in [4.78, 5) is 14.3. The van der Waals surface area contributed by atoms with E-state index in [1.165, 1.54) is 16.1 Å². The van der Waals surface area contributed by atoms with E-state index in [9.17, 15) is 4.79 Å². The molecule has 1 amide bonds. The lowest BCUT2D eigenvalue weighted by molar-refractivity contribution is 0.0923. The molecule has 1 aliphatic carbocycles. The van der Waals surface area contributed by atoms with Gasteiger partial charge in [0, 0.05) is 22.3 Å². The normalized spacial score (nSPS) is 15.7. The molecule has 5 nitrogen and oxygen atoms in total. The summed E-state index contributed by atoms with van der Waals surface area (Å²) in [7, 11) is 0. The lowest BCUT2D eigenvalue weighted by atomic mass is 9.92. The second-order valence-electron chi connectivity index (χ2n) is 7.71. The maximum absolute atomic E-state index is 13.1. The number of hydrogen-bond donors (Lipinski definition) is 1. The fourth-order valence-corrected chi connectivity index (χ4v) is 4.92. The van der Waals surface area contributed by atoms with E-state index in [4.69, 9.17) is 0 Å². The molecule has 0 aliphatic heterocycles. The Labute approximate surface area is 180 Å². The third-order valence-corrected chi connectivity index (χ3v) is 6.57. The number of carbonyl (C=O) groups is 1.